The molecular weight excluding hydrogens is 266 g/mol. The zero-order valence-corrected chi connectivity index (χ0v) is 11.5. The minimum Gasteiger partial charge on any atom is -0.477 e. The van der Waals surface area contributed by atoms with Gasteiger partial charge in [-0.15, -0.1) is 11.3 Å². The first-order chi connectivity index (χ1) is 8.90. The number of hydrogen-bond donors (Lipinski definition) is 2. The predicted octanol–water partition coefficient (Wildman–Crippen LogP) is 2.05. The molecule has 0 spiro atoms. The molecule has 0 saturated carbocycles. The van der Waals surface area contributed by atoms with Crippen LogP contribution in [0.25, 0.3) is 0 Å². The lowest BCUT2D eigenvalue weighted by atomic mass is 10.2. The predicted molar refractivity (Wildman–Crippen MR) is 71.9 cm³/mol. The van der Waals surface area contributed by atoms with Crippen molar-refractivity contribution in [1.82, 2.24) is 9.78 Å². The third-order valence-electron chi connectivity index (χ3n) is 2.83. The summed E-state index contributed by atoms with van der Waals surface area (Å²) < 4.78 is 1.61. The molecule has 0 aliphatic rings. The quantitative estimate of drug-likeness (QED) is 0.900. The number of rotatable bonds is 3. The summed E-state index contributed by atoms with van der Waals surface area (Å²) in [5.41, 5.74) is 1.87. The fourth-order valence-electron chi connectivity index (χ4n) is 1.66. The zero-order chi connectivity index (χ0) is 14.2. The molecule has 1 amide bonds. The number of aromatic carboxylic acids is 1. The Kier molecular flexibility index (Phi) is 3.39. The average Bonchev–Trinajstić information content (AvgIpc) is 2.84. The fraction of sp³-hybridized carbons (Fsp3) is 0.250. The van der Waals surface area contributed by atoms with Gasteiger partial charge in [0.05, 0.1) is 16.8 Å². The number of thiophene rings is 1. The van der Waals surface area contributed by atoms with Crippen molar-refractivity contribution < 1.29 is 14.7 Å². The van der Waals surface area contributed by atoms with E-state index in [4.69, 9.17) is 5.11 Å². The Morgan fingerprint density at radius 3 is 2.58 bits per heavy atom. The number of aromatic nitrogens is 2. The molecule has 2 aromatic rings. The summed E-state index contributed by atoms with van der Waals surface area (Å²) >= 11 is 1.04. The molecule has 0 saturated heterocycles. The van der Waals surface area contributed by atoms with E-state index in [-0.39, 0.29) is 10.8 Å². The molecule has 2 N–H and O–H groups in total. The SMILES string of the molecule is Cc1cc(NC(=O)c2cnn(C)c2C)sc1C(=O)O. The number of carboxylic acid groups (broad SMARTS) is 1. The number of hydrogen-bond acceptors (Lipinski definition) is 4. The second kappa shape index (κ2) is 4.85. The lowest BCUT2D eigenvalue weighted by molar-refractivity contribution is 0.0701. The molecule has 0 fully saturated rings. The summed E-state index contributed by atoms with van der Waals surface area (Å²) in [4.78, 5) is 23.2. The number of carboxylic acids is 1. The van der Waals surface area contributed by atoms with Gasteiger partial charge < -0.3 is 10.4 Å². The van der Waals surface area contributed by atoms with Gasteiger partial charge in [-0.25, -0.2) is 4.79 Å². The van der Waals surface area contributed by atoms with Crippen LogP contribution < -0.4 is 5.32 Å². The summed E-state index contributed by atoms with van der Waals surface area (Å²) in [6, 6.07) is 1.65. The van der Waals surface area contributed by atoms with Gasteiger partial charge in [-0.1, -0.05) is 0 Å². The number of carbonyl (C=O) groups is 2. The molecule has 0 aliphatic carbocycles. The van der Waals surface area contributed by atoms with E-state index in [0.717, 1.165) is 17.0 Å². The van der Waals surface area contributed by atoms with Crippen LogP contribution in [0.4, 0.5) is 5.00 Å². The second-order valence-electron chi connectivity index (χ2n) is 4.15. The first-order valence-electron chi connectivity index (χ1n) is 5.54. The Bertz CT molecular complexity index is 657. The van der Waals surface area contributed by atoms with Crippen LogP contribution in [0, 0.1) is 13.8 Å². The maximum Gasteiger partial charge on any atom is 0.346 e. The van der Waals surface area contributed by atoms with Crippen molar-refractivity contribution in [2.24, 2.45) is 7.05 Å². The molecular formula is C12H13N3O3S. The lowest BCUT2D eigenvalue weighted by Gasteiger charge is -2.01. The number of nitrogens with zero attached hydrogens (tertiary/aromatic N) is 2. The Hall–Kier alpha value is -2.15. The Morgan fingerprint density at radius 2 is 2.11 bits per heavy atom. The van der Waals surface area contributed by atoms with Crippen molar-refractivity contribution in [1.29, 1.82) is 0 Å². The number of aryl methyl sites for hydroxylation is 2. The van der Waals surface area contributed by atoms with E-state index in [1.165, 1.54) is 6.20 Å². The van der Waals surface area contributed by atoms with Crippen molar-refractivity contribution in [3.8, 4) is 0 Å². The second-order valence-corrected chi connectivity index (χ2v) is 5.20. The highest BCUT2D eigenvalue weighted by molar-refractivity contribution is 7.18. The van der Waals surface area contributed by atoms with Crippen molar-refractivity contribution in [2.45, 2.75) is 13.8 Å². The minimum absolute atomic E-state index is 0.234. The Balaban J connectivity index is 2.22. The first-order valence-corrected chi connectivity index (χ1v) is 6.35. The highest BCUT2D eigenvalue weighted by atomic mass is 32.1. The van der Waals surface area contributed by atoms with E-state index in [2.05, 4.69) is 10.4 Å². The van der Waals surface area contributed by atoms with Crippen LogP contribution in [0.3, 0.4) is 0 Å². The molecule has 0 aliphatic heterocycles. The number of amides is 1. The highest BCUT2D eigenvalue weighted by Crippen LogP contribution is 2.27. The van der Waals surface area contributed by atoms with Crippen LogP contribution in [0.5, 0.6) is 0 Å². The molecule has 2 rings (SSSR count). The van der Waals surface area contributed by atoms with Crippen LogP contribution in [0.15, 0.2) is 12.3 Å². The largest absolute Gasteiger partial charge is 0.477 e. The third-order valence-corrected chi connectivity index (χ3v) is 3.97. The van der Waals surface area contributed by atoms with E-state index in [9.17, 15) is 9.59 Å². The van der Waals surface area contributed by atoms with Gasteiger partial charge in [-0.3, -0.25) is 9.48 Å². The molecule has 0 aromatic carbocycles. The van der Waals surface area contributed by atoms with Gasteiger partial charge in [0.1, 0.15) is 4.88 Å². The van der Waals surface area contributed by atoms with E-state index in [0.29, 0.717) is 16.1 Å². The molecule has 0 unspecified atom stereocenters. The average molecular weight is 279 g/mol. The summed E-state index contributed by atoms with van der Waals surface area (Å²) in [7, 11) is 1.75. The minimum atomic E-state index is -0.986. The maximum atomic E-state index is 12.0. The highest BCUT2D eigenvalue weighted by Gasteiger charge is 2.16. The van der Waals surface area contributed by atoms with E-state index >= 15 is 0 Å². The third kappa shape index (κ3) is 2.50. The van der Waals surface area contributed by atoms with Crippen molar-refractivity contribution in [3.63, 3.8) is 0 Å². The Morgan fingerprint density at radius 1 is 1.42 bits per heavy atom. The molecule has 19 heavy (non-hydrogen) atoms. The normalized spacial score (nSPS) is 10.5. The number of anilines is 1. The van der Waals surface area contributed by atoms with E-state index in [1.54, 1.807) is 31.6 Å². The molecule has 0 radical (unpaired) electrons. The topological polar surface area (TPSA) is 84.2 Å². The molecule has 2 heterocycles. The molecule has 100 valence electrons. The Labute approximate surface area is 113 Å². The van der Waals surface area contributed by atoms with Crippen LogP contribution >= 0.6 is 11.3 Å². The van der Waals surface area contributed by atoms with Gasteiger partial charge in [0.2, 0.25) is 0 Å². The molecule has 2 aromatic heterocycles. The molecule has 6 nitrogen and oxygen atoms in total. The van der Waals surface area contributed by atoms with Gasteiger partial charge in [0, 0.05) is 12.7 Å². The van der Waals surface area contributed by atoms with Gasteiger partial charge >= 0.3 is 5.97 Å². The first kappa shape index (κ1) is 13.3. The van der Waals surface area contributed by atoms with Crippen LogP contribution in [0.2, 0.25) is 0 Å². The fourth-order valence-corrected chi connectivity index (χ4v) is 2.56. The van der Waals surface area contributed by atoms with Crippen LogP contribution in [-0.4, -0.2) is 26.8 Å². The van der Waals surface area contributed by atoms with Gasteiger partial charge in [0.25, 0.3) is 5.91 Å². The standard InChI is InChI=1S/C12H13N3O3S/c1-6-4-9(19-10(6)12(17)18)14-11(16)8-5-13-15(3)7(8)2/h4-5H,1-3H3,(H,14,16)(H,17,18). The van der Waals surface area contributed by atoms with E-state index < -0.39 is 5.97 Å². The molecule has 0 bridgehead atoms. The van der Waals surface area contributed by atoms with Gasteiger partial charge in [-0.05, 0) is 25.5 Å². The summed E-state index contributed by atoms with van der Waals surface area (Å²) in [5.74, 6) is -1.27. The van der Waals surface area contributed by atoms with Crippen molar-refractivity contribution >= 4 is 28.2 Å². The summed E-state index contributed by atoms with van der Waals surface area (Å²) in [5, 5.41) is 16.2. The number of nitrogens with one attached hydrogen (secondary N) is 1. The zero-order valence-electron chi connectivity index (χ0n) is 10.7. The van der Waals surface area contributed by atoms with Crippen molar-refractivity contribution in [3.05, 3.63) is 34.0 Å². The molecule has 7 heteroatoms. The lowest BCUT2D eigenvalue weighted by Crippen LogP contribution is -2.11. The monoisotopic (exact) mass is 279 g/mol. The summed E-state index contributed by atoms with van der Waals surface area (Å²) in [6.07, 6.45) is 1.49. The van der Waals surface area contributed by atoms with E-state index in [1.807, 2.05) is 0 Å². The van der Waals surface area contributed by atoms with Crippen molar-refractivity contribution in [2.75, 3.05) is 5.32 Å². The smallest absolute Gasteiger partial charge is 0.346 e. The maximum absolute atomic E-state index is 12.0. The van der Waals surface area contributed by atoms with Gasteiger partial charge in [-0.2, -0.15) is 5.10 Å². The summed E-state index contributed by atoms with van der Waals surface area (Å²) in [6.45, 7) is 3.50. The van der Waals surface area contributed by atoms with Crippen LogP contribution in [0.1, 0.15) is 31.3 Å². The number of carbonyl (C=O) groups excluding carboxylic acids is 1. The van der Waals surface area contributed by atoms with Crippen LogP contribution in [-0.2, 0) is 7.05 Å². The van der Waals surface area contributed by atoms with Gasteiger partial charge in [0.15, 0.2) is 0 Å². The molecule has 0 atom stereocenters.